The molecule has 0 aromatic heterocycles. The van der Waals surface area contributed by atoms with Gasteiger partial charge in [-0.3, -0.25) is 0 Å². The lowest BCUT2D eigenvalue weighted by Gasteiger charge is -1.67. The van der Waals surface area contributed by atoms with Gasteiger partial charge in [-0.25, -0.2) is 0 Å². The smallest absolute Gasteiger partial charge is 0.0106 e. The highest BCUT2D eigenvalue weighted by molar-refractivity contribution is 4.45. The SMILES string of the molecule is CCN.C[CH]CC. The standard InChI is InChI=1S/C4H9.C2H7N/c1-3-4-2;1-2-3/h3H,4H2,1-2H3;2-3H2,1H3. The number of unbranched alkanes of at least 4 members (excludes halogenated alkanes) is 1. The molecule has 1 radical (unpaired) electrons. The van der Waals surface area contributed by atoms with Gasteiger partial charge in [0.1, 0.15) is 0 Å². The average Bonchev–Trinajstić information content (AvgIpc) is 1.69. The Bertz CT molecular complexity index is 11.7. The highest BCUT2D eigenvalue weighted by Crippen LogP contribution is 1.74. The van der Waals surface area contributed by atoms with Crippen LogP contribution in [-0.4, -0.2) is 6.54 Å². The van der Waals surface area contributed by atoms with E-state index in [0.29, 0.717) is 0 Å². The van der Waals surface area contributed by atoms with Crippen molar-refractivity contribution in [3.05, 3.63) is 6.42 Å². The second kappa shape index (κ2) is 16.7. The number of hydrogen-bond acceptors (Lipinski definition) is 1. The summed E-state index contributed by atoms with van der Waals surface area (Å²) in [5.74, 6) is 0. The predicted molar refractivity (Wildman–Crippen MR) is 35.0 cm³/mol. The minimum absolute atomic E-state index is 0.750. The van der Waals surface area contributed by atoms with Gasteiger partial charge in [0, 0.05) is 0 Å². The van der Waals surface area contributed by atoms with Crippen LogP contribution in [0.2, 0.25) is 0 Å². The maximum absolute atomic E-state index is 4.85. The van der Waals surface area contributed by atoms with E-state index in [2.05, 4.69) is 20.3 Å². The fourth-order valence-corrected chi connectivity index (χ4v) is 0. The van der Waals surface area contributed by atoms with E-state index in [-0.39, 0.29) is 0 Å². The molecule has 0 spiro atoms. The fourth-order valence-electron chi connectivity index (χ4n) is 0. The van der Waals surface area contributed by atoms with E-state index in [1.54, 1.807) is 0 Å². The van der Waals surface area contributed by atoms with Crippen LogP contribution in [0.15, 0.2) is 0 Å². The summed E-state index contributed by atoms with van der Waals surface area (Å²) < 4.78 is 0. The minimum atomic E-state index is 0.750. The summed E-state index contributed by atoms with van der Waals surface area (Å²) in [5, 5.41) is 0. The van der Waals surface area contributed by atoms with E-state index in [0.717, 1.165) is 6.54 Å². The number of nitrogens with two attached hydrogens (primary N) is 1. The van der Waals surface area contributed by atoms with Gasteiger partial charge in [-0.2, -0.15) is 0 Å². The van der Waals surface area contributed by atoms with Gasteiger partial charge in [-0.15, -0.1) is 0 Å². The molecule has 0 aromatic carbocycles. The van der Waals surface area contributed by atoms with Crippen molar-refractivity contribution in [2.45, 2.75) is 27.2 Å². The second-order valence-electron chi connectivity index (χ2n) is 1.22. The van der Waals surface area contributed by atoms with Gasteiger partial charge in [0.05, 0.1) is 0 Å². The molecule has 0 unspecified atom stereocenters. The lowest BCUT2D eigenvalue weighted by Crippen LogP contribution is -1.87. The molecule has 0 aliphatic rings. The van der Waals surface area contributed by atoms with Crippen molar-refractivity contribution in [2.24, 2.45) is 5.73 Å². The molecule has 1 heteroatoms. The predicted octanol–water partition coefficient (Wildman–Crippen LogP) is 1.59. The quantitative estimate of drug-likeness (QED) is 0.534. The van der Waals surface area contributed by atoms with Crippen molar-refractivity contribution in [1.29, 1.82) is 0 Å². The lowest BCUT2D eigenvalue weighted by atomic mass is 10.4. The first-order valence-corrected chi connectivity index (χ1v) is 2.81. The zero-order chi connectivity index (χ0) is 6.12. The largest absolute Gasteiger partial charge is 0.331 e. The van der Waals surface area contributed by atoms with Gasteiger partial charge in [0.15, 0.2) is 0 Å². The Hall–Kier alpha value is -0.0400. The summed E-state index contributed by atoms with van der Waals surface area (Å²) >= 11 is 0. The molecular weight excluding hydrogens is 86.1 g/mol. The average molecular weight is 102 g/mol. The summed E-state index contributed by atoms with van der Waals surface area (Å²) in [6.07, 6.45) is 3.32. The molecule has 0 rings (SSSR count). The molecular formula is C6H16N. The zero-order valence-electron chi connectivity index (χ0n) is 5.57. The van der Waals surface area contributed by atoms with Gasteiger partial charge < -0.3 is 5.73 Å². The molecule has 0 atom stereocenters. The van der Waals surface area contributed by atoms with Crippen molar-refractivity contribution in [3.63, 3.8) is 0 Å². The van der Waals surface area contributed by atoms with Crippen LogP contribution in [-0.2, 0) is 0 Å². The highest BCUT2D eigenvalue weighted by atomic mass is 14.5. The van der Waals surface area contributed by atoms with Crippen LogP contribution < -0.4 is 5.73 Å². The Balaban J connectivity index is 0. The third-order valence-corrected chi connectivity index (χ3v) is 0.408. The van der Waals surface area contributed by atoms with Crippen molar-refractivity contribution in [1.82, 2.24) is 0 Å². The molecule has 0 bridgehead atoms. The minimum Gasteiger partial charge on any atom is -0.331 e. The van der Waals surface area contributed by atoms with E-state index in [9.17, 15) is 0 Å². The van der Waals surface area contributed by atoms with Crippen molar-refractivity contribution in [3.8, 4) is 0 Å². The summed E-state index contributed by atoms with van der Waals surface area (Å²) in [6, 6.07) is 0. The van der Waals surface area contributed by atoms with E-state index in [1.165, 1.54) is 6.42 Å². The fraction of sp³-hybridized carbons (Fsp3) is 0.833. The second-order valence-corrected chi connectivity index (χ2v) is 1.22. The first-order chi connectivity index (χ1) is 3.33. The first kappa shape index (κ1) is 10.0. The lowest BCUT2D eigenvalue weighted by molar-refractivity contribution is 1.10. The summed E-state index contributed by atoms with van der Waals surface area (Å²) in [7, 11) is 0. The zero-order valence-corrected chi connectivity index (χ0v) is 5.57. The van der Waals surface area contributed by atoms with Crippen LogP contribution in [0.25, 0.3) is 0 Å². The monoisotopic (exact) mass is 102 g/mol. The number of hydrogen-bond donors (Lipinski definition) is 1. The van der Waals surface area contributed by atoms with Crippen molar-refractivity contribution >= 4 is 0 Å². The molecule has 0 aliphatic carbocycles. The maximum atomic E-state index is 4.85. The van der Waals surface area contributed by atoms with Crippen LogP contribution >= 0.6 is 0 Å². The van der Waals surface area contributed by atoms with Crippen molar-refractivity contribution in [2.75, 3.05) is 6.54 Å². The molecule has 0 saturated heterocycles. The van der Waals surface area contributed by atoms with Crippen LogP contribution in [0.3, 0.4) is 0 Å². The molecule has 7 heavy (non-hydrogen) atoms. The van der Waals surface area contributed by atoms with E-state index in [1.807, 2.05) is 6.92 Å². The third-order valence-electron chi connectivity index (χ3n) is 0.408. The topological polar surface area (TPSA) is 26.0 Å². The Kier molecular flexibility index (Phi) is 24.0. The van der Waals surface area contributed by atoms with Gasteiger partial charge in [-0.1, -0.05) is 27.2 Å². The molecule has 45 valence electrons. The Morgan fingerprint density at radius 1 is 1.43 bits per heavy atom. The molecule has 1 nitrogen and oxygen atoms in total. The molecule has 0 saturated carbocycles. The van der Waals surface area contributed by atoms with Crippen LogP contribution in [0.1, 0.15) is 27.2 Å². The normalized spacial score (nSPS) is 6.86. The molecule has 0 aliphatic heterocycles. The molecule has 0 aromatic rings. The van der Waals surface area contributed by atoms with E-state index >= 15 is 0 Å². The molecule has 0 heterocycles. The van der Waals surface area contributed by atoms with Gasteiger partial charge in [0.25, 0.3) is 0 Å². The van der Waals surface area contributed by atoms with Gasteiger partial charge in [0.2, 0.25) is 0 Å². The Morgan fingerprint density at radius 2 is 1.57 bits per heavy atom. The summed E-state index contributed by atoms with van der Waals surface area (Å²) in [4.78, 5) is 0. The van der Waals surface area contributed by atoms with Gasteiger partial charge in [-0.05, 0) is 13.0 Å². The van der Waals surface area contributed by atoms with E-state index in [4.69, 9.17) is 5.73 Å². The number of rotatable bonds is 1. The van der Waals surface area contributed by atoms with Crippen molar-refractivity contribution < 1.29 is 0 Å². The Labute approximate surface area is 46.9 Å². The molecule has 0 amide bonds. The first-order valence-electron chi connectivity index (χ1n) is 2.81. The van der Waals surface area contributed by atoms with Crippen LogP contribution in [0, 0.1) is 6.42 Å². The summed E-state index contributed by atoms with van der Waals surface area (Å²) in [6.45, 7) is 6.83. The van der Waals surface area contributed by atoms with Crippen LogP contribution in [0.5, 0.6) is 0 Å². The molecule has 2 N–H and O–H groups in total. The third kappa shape index (κ3) is 101. The summed E-state index contributed by atoms with van der Waals surface area (Å²) in [5.41, 5.74) is 4.85. The van der Waals surface area contributed by atoms with Gasteiger partial charge >= 0.3 is 0 Å². The Morgan fingerprint density at radius 3 is 1.57 bits per heavy atom. The van der Waals surface area contributed by atoms with Crippen LogP contribution in [0.4, 0.5) is 0 Å². The maximum Gasteiger partial charge on any atom is -0.0106 e. The van der Waals surface area contributed by atoms with E-state index < -0.39 is 0 Å². The highest BCUT2D eigenvalue weighted by Gasteiger charge is 1.57. The molecule has 0 fully saturated rings.